The minimum Gasteiger partial charge on any atom is -0.497 e. The van der Waals surface area contributed by atoms with Gasteiger partial charge in [-0.1, -0.05) is 6.92 Å². The van der Waals surface area contributed by atoms with Gasteiger partial charge in [-0.25, -0.2) is 9.97 Å². The molecule has 29 heavy (non-hydrogen) atoms. The van der Waals surface area contributed by atoms with Gasteiger partial charge in [0.2, 0.25) is 5.91 Å². The topological polar surface area (TPSA) is 58.6 Å². The van der Waals surface area contributed by atoms with Crippen LogP contribution in [0.5, 0.6) is 5.75 Å². The van der Waals surface area contributed by atoms with Crippen molar-refractivity contribution in [3.63, 3.8) is 0 Å². The monoisotopic (exact) mass is 394 g/mol. The highest BCUT2D eigenvalue weighted by atomic mass is 16.5. The molecule has 1 amide bonds. The molecule has 1 aromatic heterocycles. The summed E-state index contributed by atoms with van der Waals surface area (Å²) >= 11 is 0. The number of aromatic nitrogens is 2. The SMILES string of the molecule is COc1ccc(-c2cc(N3CCCC(C(=O)N4CCC(C)CC4)C3)ncn2)cc1. The summed E-state index contributed by atoms with van der Waals surface area (Å²) in [5.74, 6) is 2.85. The molecule has 154 valence electrons. The summed E-state index contributed by atoms with van der Waals surface area (Å²) in [7, 11) is 1.66. The Labute approximate surface area is 172 Å². The van der Waals surface area contributed by atoms with Gasteiger partial charge < -0.3 is 14.5 Å². The highest BCUT2D eigenvalue weighted by Gasteiger charge is 2.31. The zero-order chi connectivity index (χ0) is 20.2. The number of likely N-dealkylation sites (tertiary alicyclic amines) is 1. The van der Waals surface area contributed by atoms with Crippen molar-refractivity contribution in [2.45, 2.75) is 32.6 Å². The fourth-order valence-corrected chi connectivity index (χ4v) is 4.31. The largest absolute Gasteiger partial charge is 0.497 e. The maximum absolute atomic E-state index is 13.0. The molecular weight excluding hydrogens is 364 g/mol. The molecule has 0 N–H and O–H groups in total. The number of piperidine rings is 2. The predicted molar refractivity (Wildman–Crippen MR) is 114 cm³/mol. The third-order valence-corrected chi connectivity index (χ3v) is 6.23. The van der Waals surface area contributed by atoms with E-state index in [0.717, 1.165) is 80.6 Å². The molecular formula is C23H30N4O2. The molecule has 0 aliphatic carbocycles. The van der Waals surface area contributed by atoms with Crippen molar-refractivity contribution < 1.29 is 9.53 Å². The van der Waals surface area contributed by atoms with Crippen molar-refractivity contribution in [1.82, 2.24) is 14.9 Å². The van der Waals surface area contributed by atoms with Crippen LogP contribution in [0.1, 0.15) is 32.6 Å². The first-order valence-electron chi connectivity index (χ1n) is 10.6. The molecule has 2 saturated heterocycles. The molecule has 6 nitrogen and oxygen atoms in total. The van der Waals surface area contributed by atoms with Crippen molar-refractivity contribution in [1.29, 1.82) is 0 Å². The third kappa shape index (κ3) is 4.52. The Morgan fingerprint density at radius 2 is 1.83 bits per heavy atom. The van der Waals surface area contributed by atoms with Gasteiger partial charge in [-0.2, -0.15) is 0 Å². The zero-order valence-corrected chi connectivity index (χ0v) is 17.4. The summed E-state index contributed by atoms with van der Waals surface area (Å²) in [6.45, 7) is 5.76. The van der Waals surface area contributed by atoms with Crippen LogP contribution in [0, 0.1) is 11.8 Å². The summed E-state index contributed by atoms with van der Waals surface area (Å²) in [5, 5.41) is 0. The summed E-state index contributed by atoms with van der Waals surface area (Å²) in [4.78, 5) is 26.3. The van der Waals surface area contributed by atoms with Crippen LogP contribution in [0.4, 0.5) is 5.82 Å². The van der Waals surface area contributed by atoms with Gasteiger partial charge in [0.1, 0.15) is 17.9 Å². The molecule has 0 radical (unpaired) electrons. The van der Waals surface area contributed by atoms with Gasteiger partial charge in [0.25, 0.3) is 0 Å². The molecule has 2 aliphatic rings. The van der Waals surface area contributed by atoms with Crippen LogP contribution in [0.3, 0.4) is 0 Å². The van der Waals surface area contributed by atoms with Gasteiger partial charge in [0, 0.05) is 37.8 Å². The minimum atomic E-state index is 0.0663. The number of rotatable bonds is 4. The average Bonchev–Trinajstić information content (AvgIpc) is 2.79. The van der Waals surface area contributed by atoms with Crippen LogP contribution in [0.2, 0.25) is 0 Å². The molecule has 1 atom stereocenters. The van der Waals surface area contributed by atoms with Crippen LogP contribution in [-0.4, -0.2) is 54.1 Å². The maximum atomic E-state index is 13.0. The second-order valence-electron chi connectivity index (χ2n) is 8.28. The van der Waals surface area contributed by atoms with E-state index in [4.69, 9.17) is 4.74 Å². The van der Waals surface area contributed by atoms with Crippen LogP contribution in [0.25, 0.3) is 11.3 Å². The van der Waals surface area contributed by atoms with E-state index in [1.54, 1.807) is 13.4 Å². The smallest absolute Gasteiger partial charge is 0.227 e. The van der Waals surface area contributed by atoms with E-state index in [0.29, 0.717) is 5.91 Å². The second kappa shape index (κ2) is 8.80. The Morgan fingerprint density at radius 3 is 2.55 bits per heavy atom. The van der Waals surface area contributed by atoms with Crippen molar-refractivity contribution in [2.24, 2.45) is 11.8 Å². The van der Waals surface area contributed by atoms with E-state index in [2.05, 4.69) is 26.7 Å². The lowest BCUT2D eigenvalue weighted by molar-refractivity contribution is -0.137. The molecule has 1 unspecified atom stereocenters. The van der Waals surface area contributed by atoms with E-state index < -0.39 is 0 Å². The highest BCUT2D eigenvalue weighted by molar-refractivity contribution is 5.80. The van der Waals surface area contributed by atoms with Gasteiger partial charge in [-0.15, -0.1) is 0 Å². The summed E-state index contributed by atoms with van der Waals surface area (Å²) in [5.41, 5.74) is 1.91. The minimum absolute atomic E-state index is 0.0663. The molecule has 1 aromatic carbocycles. The summed E-state index contributed by atoms with van der Waals surface area (Å²) in [6.07, 6.45) is 5.85. The number of amides is 1. The predicted octanol–water partition coefficient (Wildman–Crippen LogP) is 3.63. The van der Waals surface area contributed by atoms with E-state index >= 15 is 0 Å². The number of nitrogens with zero attached hydrogens (tertiary/aromatic N) is 4. The molecule has 0 bridgehead atoms. The van der Waals surface area contributed by atoms with Gasteiger partial charge in [0.05, 0.1) is 18.7 Å². The van der Waals surface area contributed by atoms with Crippen LogP contribution in [0.15, 0.2) is 36.7 Å². The Morgan fingerprint density at radius 1 is 1.07 bits per heavy atom. The lowest BCUT2D eigenvalue weighted by atomic mass is 9.93. The number of methoxy groups -OCH3 is 1. The van der Waals surface area contributed by atoms with E-state index in [1.165, 1.54) is 0 Å². The van der Waals surface area contributed by atoms with E-state index in [9.17, 15) is 4.79 Å². The fraction of sp³-hybridized carbons (Fsp3) is 0.522. The molecule has 3 heterocycles. The van der Waals surface area contributed by atoms with Crippen molar-refractivity contribution in [3.8, 4) is 17.0 Å². The third-order valence-electron chi connectivity index (χ3n) is 6.23. The number of carbonyl (C=O) groups excluding carboxylic acids is 1. The molecule has 2 aromatic rings. The van der Waals surface area contributed by atoms with Crippen LogP contribution in [-0.2, 0) is 4.79 Å². The van der Waals surface area contributed by atoms with Gasteiger partial charge in [-0.3, -0.25) is 4.79 Å². The molecule has 4 rings (SSSR count). The summed E-state index contributed by atoms with van der Waals surface area (Å²) < 4.78 is 5.24. The van der Waals surface area contributed by atoms with Crippen molar-refractivity contribution in [3.05, 3.63) is 36.7 Å². The number of carbonyl (C=O) groups is 1. The molecule has 0 saturated carbocycles. The second-order valence-corrected chi connectivity index (χ2v) is 8.28. The maximum Gasteiger partial charge on any atom is 0.227 e. The number of ether oxygens (including phenoxy) is 1. The molecule has 2 fully saturated rings. The van der Waals surface area contributed by atoms with Crippen LogP contribution >= 0.6 is 0 Å². The van der Waals surface area contributed by atoms with Gasteiger partial charge in [0.15, 0.2) is 0 Å². The first-order chi connectivity index (χ1) is 14.1. The number of benzene rings is 1. The van der Waals surface area contributed by atoms with Gasteiger partial charge >= 0.3 is 0 Å². The number of hydrogen-bond acceptors (Lipinski definition) is 5. The first kappa shape index (κ1) is 19.7. The average molecular weight is 395 g/mol. The quantitative estimate of drug-likeness (QED) is 0.793. The lowest BCUT2D eigenvalue weighted by Crippen LogP contribution is -2.47. The standard InChI is InChI=1S/C23H30N4O2/c1-17-9-12-26(13-10-17)23(28)19-4-3-11-27(15-19)22-14-21(24-16-25-22)18-5-7-20(29-2)8-6-18/h5-8,14,16-17,19H,3-4,9-13,15H2,1-2H3. The molecule has 2 aliphatic heterocycles. The fourth-order valence-electron chi connectivity index (χ4n) is 4.31. The van der Waals surface area contributed by atoms with Crippen molar-refractivity contribution >= 4 is 11.7 Å². The Balaban J connectivity index is 1.46. The number of anilines is 1. The van der Waals surface area contributed by atoms with E-state index in [-0.39, 0.29) is 5.92 Å². The summed E-state index contributed by atoms with van der Waals surface area (Å²) in [6, 6.07) is 9.91. The molecule has 0 spiro atoms. The number of hydrogen-bond donors (Lipinski definition) is 0. The first-order valence-corrected chi connectivity index (χ1v) is 10.6. The molecule has 6 heteroatoms. The van der Waals surface area contributed by atoms with Crippen LogP contribution < -0.4 is 9.64 Å². The van der Waals surface area contributed by atoms with Crippen molar-refractivity contribution in [2.75, 3.05) is 38.2 Å². The Bertz CT molecular complexity index is 831. The Kier molecular flexibility index (Phi) is 5.97. The normalized spacial score (nSPS) is 20.6. The zero-order valence-electron chi connectivity index (χ0n) is 17.4. The van der Waals surface area contributed by atoms with Gasteiger partial charge in [-0.05, 0) is 55.9 Å². The van der Waals surface area contributed by atoms with E-state index in [1.807, 2.05) is 30.3 Å². The lowest BCUT2D eigenvalue weighted by Gasteiger charge is -2.37. The highest BCUT2D eigenvalue weighted by Crippen LogP contribution is 2.28. The Hall–Kier alpha value is -2.63.